The summed E-state index contributed by atoms with van der Waals surface area (Å²) in [6, 6.07) is 1.57. The van der Waals surface area contributed by atoms with Gasteiger partial charge in [-0.3, -0.25) is 5.09 Å². The summed E-state index contributed by atoms with van der Waals surface area (Å²) >= 11 is 0. The number of hydrogen-bond donors (Lipinski definition) is 1. The number of ether oxygens (including phenoxy) is 2. The monoisotopic (exact) mass is 321 g/mol. The Morgan fingerprint density at radius 1 is 1.35 bits per heavy atom. The zero-order valence-corrected chi connectivity index (χ0v) is 13.0. The van der Waals surface area contributed by atoms with Crippen molar-refractivity contribution in [2.75, 3.05) is 6.61 Å². The molecule has 0 saturated carbocycles. The minimum Gasteiger partial charge on any atom is -0.492 e. The molecule has 3 heterocycles. The van der Waals surface area contributed by atoms with Gasteiger partial charge in [0.1, 0.15) is 12.4 Å². The van der Waals surface area contributed by atoms with Crippen molar-refractivity contribution in [1.82, 2.24) is 34.5 Å². The number of nitrogens with one attached hydrogen (secondary N) is 1. The maximum atomic E-state index is 12.2. The van der Waals surface area contributed by atoms with E-state index in [4.69, 9.17) is 10.9 Å². The first-order chi connectivity index (χ1) is 11.5. The van der Waals surface area contributed by atoms with Crippen LogP contribution >= 0.6 is 0 Å². The molecule has 3 aromatic rings. The number of aromatic nitrogens is 7. The molecule has 1 N–H and O–H groups in total. The van der Waals surface area contributed by atoms with Crippen LogP contribution in [-0.2, 0) is 20.7 Å². The molecule has 0 aromatic carbocycles. The van der Waals surface area contributed by atoms with Gasteiger partial charge in [-0.05, 0) is 17.4 Å². The van der Waals surface area contributed by atoms with Crippen LogP contribution in [0.25, 0.3) is 5.82 Å². The van der Waals surface area contributed by atoms with Crippen LogP contribution < -0.4 is 15.2 Å². The smallest absolute Gasteiger partial charge is 0.369 e. The topological polar surface area (TPSA) is 105 Å². The number of nitrogens with zero attached hydrogens (tertiary/aromatic N) is 6. The number of aryl methyl sites for hydroxylation is 2. The van der Waals surface area contributed by atoms with Crippen LogP contribution in [0.4, 0.5) is 0 Å². The zero-order valence-electron chi connectivity index (χ0n) is 14.0. The first-order valence-electron chi connectivity index (χ1n) is 7.44. The van der Waals surface area contributed by atoms with Crippen molar-refractivity contribution >= 4 is 0 Å². The molecule has 0 saturated heterocycles. The van der Waals surface area contributed by atoms with Crippen molar-refractivity contribution in [3.63, 3.8) is 0 Å². The SMILES string of the molecule is [3H]n1ccc(OCc2c(OCC)cn(C)c2-n2nnn(C)c2=O)n1. The van der Waals surface area contributed by atoms with Gasteiger partial charge in [0.2, 0.25) is 5.88 Å². The van der Waals surface area contributed by atoms with Gasteiger partial charge in [-0.25, -0.2) is 4.79 Å². The fourth-order valence-corrected chi connectivity index (χ4v) is 2.22. The van der Waals surface area contributed by atoms with Crippen LogP contribution in [0.3, 0.4) is 0 Å². The van der Waals surface area contributed by atoms with Gasteiger partial charge in [0.05, 0.1) is 12.2 Å². The molecule has 0 spiro atoms. The van der Waals surface area contributed by atoms with Crippen molar-refractivity contribution in [1.29, 1.82) is 0 Å². The van der Waals surface area contributed by atoms with E-state index in [1.165, 1.54) is 17.9 Å². The predicted octanol–water partition coefficient (Wildman–Crippen LogP) is 0.00530. The number of aromatic amines is 1. The number of hydrogen-bond acceptors (Lipinski definition) is 6. The Balaban J connectivity index is 2.01. The highest BCUT2D eigenvalue weighted by atomic mass is 16.5. The molecular formula is C13H17N7O3. The van der Waals surface area contributed by atoms with Crippen LogP contribution in [0.2, 0.25) is 1.41 Å². The standard InChI is InChI=1S/C13H17N7O3/c1-4-22-10-7-18(2)12(20-13(21)19(3)16-17-20)9(10)8-23-11-5-6-14-15-11/h5-7H,4,8H2,1-3H3,(H,14,15)/i/hT. The third-order valence-corrected chi connectivity index (χ3v) is 3.24. The second-order valence-electron chi connectivity index (χ2n) is 4.79. The summed E-state index contributed by atoms with van der Waals surface area (Å²) in [5, 5.41) is 12.4. The highest BCUT2D eigenvalue weighted by Crippen LogP contribution is 2.27. The average Bonchev–Trinajstić information content (AvgIpc) is 3.18. The lowest BCUT2D eigenvalue weighted by Gasteiger charge is -2.08. The first kappa shape index (κ1) is 13.6. The molecular weight excluding hydrogens is 302 g/mol. The Kier molecular flexibility index (Phi) is 3.54. The molecule has 122 valence electrons. The predicted molar refractivity (Wildman–Crippen MR) is 79.7 cm³/mol. The highest BCUT2D eigenvalue weighted by molar-refractivity contribution is 5.46. The van der Waals surface area contributed by atoms with E-state index < -0.39 is 0 Å². The van der Waals surface area contributed by atoms with Gasteiger partial charge in [-0.15, -0.1) is 9.78 Å². The van der Waals surface area contributed by atoms with Gasteiger partial charge in [0.15, 0.2) is 7.23 Å². The minimum atomic E-state index is -0.379. The van der Waals surface area contributed by atoms with Crippen molar-refractivity contribution in [3.8, 4) is 17.4 Å². The molecule has 10 nitrogen and oxygen atoms in total. The quantitative estimate of drug-likeness (QED) is 0.685. The normalized spacial score (nSPS) is 11.5. The van der Waals surface area contributed by atoms with E-state index >= 15 is 0 Å². The van der Waals surface area contributed by atoms with Crippen LogP contribution in [-0.4, -0.2) is 41.2 Å². The summed E-state index contributed by atoms with van der Waals surface area (Å²) in [5.41, 5.74) is 0.261. The molecule has 0 aliphatic heterocycles. The Bertz CT molecular complexity index is 907. The average molecular weight is 321 g/mol. The molecule has 0 bridgehead atoms. The van der Waals surface area contributed by atoms with Crippen LogP contribution in [0.15, 0.2) is 23.3 Å². The first-order valence-corrected chi connectivity index (χ1v) is 6.99. The highest BCUT2D eigenvalue weighted by Gasteiger charge is 2.21. The maximum absolute atomic E-state index is 12.2. The van der Waals surface area contributed by atoms with Crippen LogP contribution in [0.1, 0.15) is 12.5 Å². The van der Waals surface area contributed by atoms with E-state index in [1.807, 2.05) is 6.92 Å². The molecule has 0 atom stereocenters. The summed E-state index contributed by atoms with van der Waals surface area (Å²) in [4.78, 5) is 12.2. The van der Waals surface area contributed by atoms with Gasteiger partial charge in [-0.1, -0.05) is 0 Å². The Morgan fingerprint density at radius 3 is 2.78 bits per heavy atom. The molecule has 3 rings (SSSR count). The van der Waals surface area contributed by atoms with Crippen LogP contribution in [0.5, 0.6) is 11.6 Å². The van der Waals surface area contributed by atoms with Gasteiger partial charge < -0.3 is 14.0 Å². The summed E-state index contributed by atoms with van der Waals surface area (Å²) in [5.74, 6) is 1.38. The lowest BCUT2D eigenvalue weighted by molar-refractivity contribution is 0.278. The largest absolute Gasteiger partial charge is 0.492 e. The van der Waals surface area contributed by atoms with Crippen molar-refractivity contribution in [3.05, 3.63) is 34.5 Å². The molecule has 0 unspecified atom stereocenters. The second-order valence-corrected chi connectivity index (χ2v) is 4.79. The zero-order chi connectivity index (χ0) is 17.3. The van der Waals surface area contributed by atoms with Crippen molar-refractivity contribution in [2.24, 2.45) is 14.1 Å². The van der Waals surface area contributed by atoms with E-state index in [0.717, 1.165) is 9.77 Å². The Hall–Kier alpha value is -3.04. The van der Waals surface area contributed by atoms with Crippen molar-refractivity contribution in [2.45, 2.75) is 13.5 Å². The second kappa shape index (κ2) is 5.99. The minimum absolute atomic E-state index is 0.103. The lowest BCUT2D eigenvalue weighted by atomic mass is 10.3. The van der Waals surface area contributed by atoms with E-state index in [-0.39, 0.29) is 12.3 Å². The molecule has 0 aliphatic rings. The lowest BCUT2D eigenvalue weighted by Crippen LogP contribution is -2.24. The van der Waals surface area contributed by atoms with E-state index in [9.17, 15) is 4.79 Å². The maximum Gasteiger partial charge on any atom is 0.369 e. The Labute approximate surface area is 132 Å². The van der Waals surface area contributed by atoms with Gasteiger partial charge in [-0.2, -0.15) is 4.68 Å². The van der Waals surface area contributed by atoms with E-state index in [0.29, 0.717) is 29.6 Å². The summed E-state index contributed by atoms with van der Waals surface area (Å²) < 4.78 is 22.6. The number of H-pyrrole nitrogens is 1. The summed E-state index contributed by atoms with van der Waals surface area (Å²) in [6.07, 6.45) is 3.21. The molecule has 0 amide bonds. The third kappa shape index (κ3) is 2.70. The van der Waals surface area contributed by atoms with E-state index in [1.54, 1.807) is 23.9 Å². The van der Waals surface area contributed by atoms with Crippen molar-refractivity contribution < 1.29 is 10.9 Å². The molecule has 0 radical (unpaired) electrons. The molecule has 0 fully saturated rings. The Morgan fingerprint density at radius 2 is 2.17 bits per heavy atom. The molecule has 23 heavy (non-hydrogen) atoms. The van der Waals surface area contributed by atoms with Gasteiger partial charge in [0, 0.05) is 32.6 Å². The molecule has 3 aromatic heterocycles. The summed E-state index contributed by atoms with van der Waals surface area (Å²) in [7, 11) is 3.30. The van der Waals surface area contributed by atoms with Gasteiger partial charge in [0.25, 0.3) is 0 Å². The molecule has 10 heteroatoms. The van der Waals surface area contributed by atoms with Gasteiger partial charge >= 0.3 is 5.69 Å². The van der Waals surface area contributed by atoms with Crippen LogP contribution in [0, 0.1) is 0 Å². The number of tetrazole rings is 1. The fourth-order valence-electron chi connectivity index (χ4n) is 2.22. The summed E-state index contributed by atoms with van der Waals surface area (Å²) in [6.45, 7) is 2.44. The molecule has 0 aliphatic carbocycles. The fraction of sp³-hybridized carbons (Fsp3) is 0.385. The number of rotatable bonds is 6. The third-order valence-electron chi connectivity index (χ3n) is 3.24. The van der Waals surface area contributed by atoms with E-state index in [2.05, 4.69) is 15.5 Å².